The highest BCUT2D eigenvalue weighted by atomic mass is 16.5. The van der Waals surface area contributed by atoms with Crippen LogP contribution in [0.1, 0.15) is 104 Å². The number of para-hydroxylation sites is 3. The lowest BCUT2D eigenvalue weighted by molar-refractivity contribution is -0.567. The first kappa shape index (κ1) is 40.9. The number of benzene rings is 6. The van der Waals surface area contributed by atoms with Crippen LogP contribution in [0.2, 0.25) is 0 Å². The van der Waals surface area contributed by atoms with Crippen molar-refractivity contribution in [3.05, 3.63) is 186 Å². The highest BCUT2D eigenvalue weighted by molar-refractivity contribution is 6.09. The van der Waals surface area contributed by atoms with E-state index in [0.717, 1.165) is 61.7 Å². The molecule has 0 aliphatic heterocycles. The van der Waals surface area contributed by atoms with Gasteiger partial charge in [0.05, 0.1) is 11.0 Å². The summed E-state index contributed by atoms with van der Waals surface area (Å²) in [5.41, 5.74) is 12.5. The van der Waals surface area contributed by atoms with Gasteiger partial charge in [-0.05, 0) is 111 Å². The van der Waals surface area contributed by atoms with Crippen molar-refractivity contribution in [1.82, 2.24) is 14.1 Å². The third kappa shape index (κ3) is 7.48. The molecule has 0 fully saturated rings. The van der Waals surface area contributed by atoms with E-state index in [0.29, 0.717) is 0 Å². The number of ether oxygens (including phenoxy) is 1. The summed E-state index contributed by atoms with van der Waals surface area (Å²) in [6.45, 7) is 25.1. The van der Waals surface area contributed by atoms with Crippen LogP contribution in [0.25, 0.3) is 50.0 Å². The first-order valence-corrected chi connectivity index (χ1v) is 21.9. The molecule has 0 atom stereocenters. The van der Waals surface area contributed by atoms with Crippen molar-refractivity contribution in [3.63, 3.8) is 0 Å². The molecule has 0 N–H and O–H groups in total. The van der Waals surface area contributed by atoms with Crippen LogP contribution in [0.15, 0.2) is 158 Å². The maximum atomic E-state index is 7.04. The number of imidazole rings is 1. The van der Waals surface area contributed by atoms with Gasteiger partial charge in [-0.15, -0.1) is 0 Å². The molecule has 0 bridgehead atoms. The van der Waals surface area contributed by atoms with Crippen molar-refractivity contribution in [3.8, 4) is 28.7 Å². The predicted molar refractivity (Wildman–Crippen MR) is 258 cm³/mol. The number of hydrogen-bond donors (Lipinski definition) is 0. The third-order valence-electron chi connectivity index (χ3n) is 12.7. The normalized spacial score (nSPS) is 12.8. The van der Waals surface area contributed by atoms with Crippen LogP contribution in [0.4, 0.5) is 0 Å². The maximum Gasteiger partial charge on any atom is 0.255 e. The van der Waals surface area contributed by atoms with E-state index in [4.69, 9.17) is 9.72 Å². The molecule has 0 spiro atoms. The monoisotopic (exact) mass is 815 g/mol. The fourth-order valence-corrected chi connectivity index (χ4v) is 8.71. The molecule has 0 saturated heterocycles. The first-order valence-electron chi connectivity index (χ1n) is 21.9. The largest absolute Gasteiger partial charge is 0.457 e. The Morgan fingerprint density at radius 3 is 1.79 bits per heavy atom. The molecule has 5 heteroatoms. The van der Waals surface area contributed by atoms with Crippen LogP contribution in [0, 0.1) is 0 Å². The standard InChI is InChI=1S/C57H59N4O/c1-54(2,3)39-27-28-58-53(34-39)61-49-22-16-15-21-47(49)48-26-25-45(36-52(48)61)62-46-33-42(57(10,11)38-19-13-12-14-20-38)32-44(35-46)60-37-59(50-23-17-18-24-51(50)60)43-30-40(55(4,5)6)29-41(31-43)56(7,8)9/h12-37H,1-11H3/q+1. The van der Waals surface area contributed by atoms with E-state index in [2.05, 4.69) is 242 Å². The average Bonchev–Trinajstić information content (AvgIpc) is 3.79. The number of pyridine rings is 1. The van der Waals surface area contributed by atoms with Crippen LogP contribution < -0.4 is 9.30 Å². The fourth-order valence-electron chi connectivity index (χ4n) is 8.71. The van der Waals surface area contributed by atoms with Crippen LogP contribution in [0.5, 0.6) is 11.5 Å². The molecule has 9 aromatic rings. The summed E-state index contributed by atoms with van der Waals surface area (Å²) in [6, 6.07) is 52.7. The lowest BCUT2D eigenvalue weighted by Gasteiger charge is -2.27. The molecular formula is C57H59N4O+. The minimum Gasteiger partial charge on any atom is -0.457 e. The van der Waals surface area contributed by atoms with Gasteiger partial charge in [0.1, 0.15) is 28.7 Å². The quantitative estimate of drug-likeness (QED) is 0.150. The molecule has 62 heavy (non-hydrogen) atoms. The molecule has 0 saturated carbocycles. The summed E-state index contributed by atoms with van der Waals surface area (Å²) in [5.74, 6) is 2.42. The molecule has 5 nitrogen and oxygen atoms in total. The predicted octanol–water partition coefficient (Wildman–Crippen LogP) is 14.4. The second-order valence-corrected chi connectivity index (χ2v) is 20.6. The Morgan fingerprint density at radius 2 is 1.10 bits per heavy atom. The van der Waals surface area contributed by atoms with Crippen molar-refractivity contribution in [1.29, 1.82) is 0 Å². The fraction of sp³-hybridized carbons (Fsp3) is 0.263. The van der Waals surface area contributed by atoms with Gasteiger partial charge in [0, 0.05) is 34.5 Å². The van der Waals surface area contributed by atoms with Crippen LogP contribution in [-0.4, -0.2) is 14.1 Å². The smallest absolute Gasteiger partial charge is 0.255 e. The Morgan fingerprint density at radius 1 is 0.468 bits per heavy atom. The summed E-state index contributed by atoms with van der Waals surface area (Å²) < 4.78 is 14.0. The van der Waals surface area contributed by atoms with E-state index in [9.17, 15) is 0 Å². The van der Waals surface area contributed by atoms with Crippen LogP contribution in [0.3, 0.4) is 0 Å². The number of rotatable bonds is 7. The van der Waals surface area contributed by atoms with Gasteiger partial charge in [0.25, 0.3) is 6.33 Å². The Labute approximate surface area is 367 Å². The molecule has 0 radical (unpaired) electrons. The topological polar surface area (TPSA) is 35.9 Å². The summed E-state index contributed by atoms with van der Waals surface area (Å²) in [7, 11) is 0. The van der Waals surface area contributed by atoms with Gasteiger partial charge in [-0.3, -0.25) is 4.57 Å². The van der Waals surface area contributed by atoms with Crippen LogP contribution >= 0.6 is 0 Å². The molecule has 0 aliphatic carbocycles. The van der Waals surface area contributed by atoms with E-state index in [1.54, 1.807) is 0 Å². The summed E-state index contributed by atoms with van der Waals surface area (Å²) in [4.78, 5) is 4.92. The highest BCUT2D eigenvalue weighted by Crippen LogP contribution is 2.40. The third-order valence-corrected chi connectivity index (χ3v) is 12.7. The van der Waals surface area contributed by atoms with Crippen molar-refractivity contribution in [2.24, 2.45) is 0 Å². The SMILES string of the molecule is CC(C)(C)c1cc(-[n+]2cn(-c3cc(Oc4ccc5c6ccccc6n(-c6cc(C(C)(C)C)ccn6)c5c4)cc(C(C)(C)c4ccccc4)c3)c3ccccc32)cc(C(C)(C)C)c1. The number of aromatic nitrogens is 4. The van der Waals surface area contributed by atoms with Gasteiger partial charge in [0.2, 0.25) is 0 Å². The maximum absolute atomic E-state index is 7.04. The molecule has 0 unspecified atom stereocenters. The first-order chi connectivity index (χ1) is 29.4. The van der Waals surface area contributed by atoms with Gasteiger partial charge in [-0.1, -0.05) is 143 Å². The zero-order valence-electron chi connectivity index (χ0n) is 38.2. The van der Waals surface area contributed by atoms with Gasteiger partial charge >= 0.3 is 0 Å². The van der Waals surface area contributed by atoms with E-state index < -0.39 is 0 Å². The second kappa shape index (κ2) is 14.9. The lowest BCUT2D eigenvalue weighted by Crippen LogP contribution is -2.31. The minimum atomic E-state index is -0.322. The van der Waals surface area contributed by atoms with Gasteiger partial charge < -0.3 is 4.74 Å². The van der Waals surface area contributed by atoms with E-state index in [-0.39, 0.29) is 21.7 Å². The molecule has 312 valence electrons. The highest BCUT2D eigenvalue weighted by Gasteiger charge is 2.29. The van der Waals surface area contributed by atoms with Crippen molar-refractivity contribution in [2.75, 3.05) is 0 Å². The van der Waals surface area contributed by atoms with Crippen molar-refractivity contribution in [2.45, 2.75) is 97.8 Å². The number of fused-ring (bicyclic) bond motifs is 4. The Balaban J connectivity index is 1.23. The molecule has 6 aromatic carbocycles. The van der Waals surface area contributed by atoms with E-state index >= 15 is 0 Å². The van der Waals surface area contributed by atoms with E-state index in [1.807, 2.05) is 6.20 Å². The molecular weight excluding hydrogens is 757 g/mol. The van der Waals surface area contributed by atoms with Crippen molar-refractivity contribution < 1.29 is 9.30 Å². The average molecular weight is 816 g/mol. The molecule has 3 heterocycles. The molecule has 0 aliphatic rings. The zero-order valence-corrected chi connectivity index (χ0v) is 38.2. The van der Waals surface area contributed by atoms with E-state index in [1.165, 1.54) is 27.6 Å². The molecule has 9 rings (SSSR count). The second-order valence-electron chi connectivity index (χ2n) is 20.6. The zero-order chi connectivity index (χ0) is 43.8. The molecule has 0 amide bonds. The number of nitrogens with zero attached hydrogens (tertiary/aromatic N) is 4. The van der Waals surface area contributed by atoms with Crippen LogP contribution in [-0.2, 0) is 21.7 Å². The number of hydrogen-bond acceptors (Lipinski definition) is 2. The molecule has 3 aromatic heterocycles. The summed E-state index contributed by atoms with van der Waals surface area (Å²) in [5, 5.41) is 2.34. The van der Waals surface area contributed by atoms with Gasteiger partial charge in [0.15, 0.2) is 11.0 Å². The summed E-state index contributed by atoms with van der Waals surface area (Å²) in [6.07, 6.45) is 4.18. The van der Waals surface area contributed by atoms with Crippen molar-refractivity contribution >= 4 is 32.8 Å². The Hall–Kier alpha value is -6.46. The van der Waals surface area contributed by atoms with Gasteiger partial charge in [-0.2, -0.15) is 9.13 Å². The Kier molecular flexibility index (Phi) is 9.81. The Bertz CT molecular complexity index is 3090. The minimum absolute atomic E-state index is 0.0110. The summed E-state index contributed by atoms with van der Waals surface area (Å²) >= 11 is 0. The lowest BCUT2D eigenvalue weighted by atomic mass is 9.78. The van der Waals surface area contributed by atoms with Gasteiger partial charge in [-0.25, -0.2) is 4.98 Å².